The Kier molecular flexibility index (Phi) is 6.40. The summed E-state index contributed by atoms with van der Waals surface area (Å²) < 4.78 is 30.5. The molecule has 1 aromatic heterocycles. The van der Waals surface area contributed by atoms with Crippen molar-refractivity contribution in [2.24, 2.45) is 0 Å². The van der Waals surface area contributed by atoms with Gasteiger partial charge < -0.3 is 14.2 Å². The molecule has 0 spiro atoms. The van der Waals surface area contributed by atoms with Gasteiger partial charge in [-0.3, -0.25) is 9.36 Å². The fourth-order valence-electron chi connectivity index (χ4n) is 1.99. The molecule has 23 heavy (non-hydrogen) atoms. The van der Waals surface area contributed by atoms with Crippen molar-refractivity contribution >= 4 is 17.7 Å². The molecule has 1 saturated heterocycles. The number of ether oxygens (including phenoxy) is 3. The zero-order chi connectivity index (χ0) is 16.8. The summed E-state index contributed by atoms with van der Waals surface area (Å²) in [5.41, 5.74) is -1.04. The minimum atomic E-state index is -0.724. The molecule has 0 radical (unpaired) electrons. The molecule has 0 N–H and O–H groups in total. The maximum atomic E-state index is 13.8. The lowest BCUT2D eigenvalue weighted by atomic mass is 10.3. The molecule has 2 atom stereocenters. The molecule has 2 heterocycles. The zero-order valence-electron chi connectivity index (χ0n) is 13.0. The minimum absolute atomic E-state index is 0.0989. The van der Waals surface area contributed by atoms with Crippen molar-refractivity contribution in [1.29, 1.82) is 0 Å². The van der Waals surface area contributed by atoms with Crippen LogP contribution in [0.25, 0.3) is 0 Å². The SMILES string of the molecule is CCCC(=O)OCC1O[C@@H](n2cc(F)c(OCC)nc2=O)CS1. The summed E-state index contributed by atoms with van der Waals surface area (Å²) in [6, 6.07) is 0. The number of hydrogen-bond donors (Lipinski definition) is 0. The highest BCUT2D eigenvalue weighted by molar-refractivity contribution is 8.00. The van der Waals surface area contributed by atoms with Crippen molar-refractivity contribution in [1.82, 2.24) is 9.55 Å². The Morgan fingerprint density at radius 1 is 1.57 bits per heavy atom. The predicted octanol–water partition coefficient (Wildman–Crippen LogP) is 1.71. The molecule has 7 nitrogen and oxygen atoms in total. The maximum Gasteiger partial charge on any atom is 0.353 e. The van der Waals surface area contributed by atoms with Crippen LogP contribution in [0.5, 0.6) is 5.88 Å². The molecule has 1 aliphatic rings. The average Bonchev–Trinajstić information content (AvgIpc) is 2.98. The number of halogens is 1. The maximum absolute atomic E-state index is 13.8. The van der Waals surface area contributed by atoms with Crippen LogP contribution >= 0.6 is 11.8 Å². The number of carbonyl (C=O) groups excluding carboxylic acids is 1. The Morgan fingerprint density at radius 2 is 2.35 bits per heavy atom. The number of esters is 1. The zero-order valence-corrected chi connectivity index (χ0v) is 13.8. The summed E-state index contributed by atoms with van der Waals surface area (Å²) in [6.45, 7) is 3.88. The Morgan fingerprint density at radius 3 is 3.04 bits per heavy atom. The van der Waals surface area contributed by atoms with E-state index in [1.54, 1.807) is 6.92 Å². The van der Waals surface area contributed by atoms with E-state index >= 15 is 0 Å². The third-order valence-electron chi connectivity index (χ3n) is 3.03. The van der Waals surface area contributed by atoms with Gasteiger partial charge in [0.25, 0.3) is 5.88 Å². The molecule has 0 bridgehead atoms. The van der Waals surface area contributed by atoms with Gasteiger partial charge in [-0.2, -0.15) is 9.37 Å². The highest BCUT2D eigenvalue weighted by Gasteiger charge is 2.29. The summed E-state index contributed by atoms with van der Waals surface area (Å²) in [7, 11) is 0. The van der Waals surface area contributed by atoms with E-state index in [2.05, 4.69) is 4.98 Å². The quantitative estimate of drug-likeness (QED) is 0.695. The van der Waals surface area contributed by atoms with Crippen LogP contribution in [0.1, 0.15) is 32.9 Å². The standard InChI is InChI=1S/C14H19FN2O5S/c1-3-5-11(18)21-7-12-22-10(8-23-12)17-6-9(15)13(20-4-2)16-14(17)19/h6,10,12H,3-5,7-8H2,1-2H3/t10-,12?/m1/s1. The molecule has 2 rings (SSSR count). The molecular formula is C14H19FN2O5S. The summed E-state index contributed by atoms with van der Waals surface area (Å²) in [6.07, 6.45) is 1.44. The molecular weight excluding hydrogens is 327 g/mol. The van der Waals surface area contributed by atoms with Crippen molar-refractivity contribution in [3.63, 3.8) is 0 Å². The van der Waals surface area contributed by atoms with Gasteiger partial charge in [0.2, 0.25) is 5.82 Å². The van der Waals surface area contributed by atoms with E-state index in [4.69, 9.17) is 14.2 Å². The van der Waals surface area contributed by atoms with Crippen molar-refractivity contribution in [3.8, 4) is 5.88 Å². The van der Waals surface area contributed by atoms with Gasteiger partial charge in [-0.1, -0.05) is 6.92 Å². The largest absolute Gasteiger partial charge is 0.476 e. The molecule has 0 aliphatic carbocycles. The second-order valence-corrected chi connectivity index (χ2v) is 6.00. The van der Waals surface area contributed by atoms with E-state index in [0.29, 0.717) is 18.6 Å². The van der Waals surface area contributed by atoms with Crippen molar-refractivity contribution in [2.45, 2.75) is 38.4 Å². The first kappa shape index (κ1) is 17.7. The first-order valence-electron chi connectivity index (χ1n) is 7.39. The number of rotatable bonds is 7. The first-order chi connectivity index (χ1) is 11.0. The highest BCUT2D eigenvalue weighted by Crippen LogP contribution is 2.31. The highest BCUT2D eigenvalue weighted by atomic mass is 32.2. The van der Waals surface area contributed by atoms with Crippen molar-refractivity contribution < 1.29 is 23.4 Å². The van der Waals surface area contributed by atoms with Gasteiger partial charge in [0.05, 0.1) is 12.8 Å². The van der Waals surface area contributed by atoms with E-state index < -0.39 is 17.7 Å². The van der Waals surface area contributed by atoms with Crippen LogP contribution in [0, 0.1) is 5.82 Å². The number of aromatic nitrogens is 2. The smallest absolute Gasteiger partial charge is 0.353 e. The second-order valence-electron chi connectivity index (χ2n) is 4.80. The van der Waals surface area contributed by atoms with E-state index in [0.717, 1.165) is 10.8 Å². The van der Waals surface area contributed by atoms with Crippen LogP contribution in [-0.4, -0.2) is 39.9 Å². The molecule has 1 fully saturated rings. The lowest BCUT2D eigenvalue weighted by Crippen LogP contribution is -2.29. The average molecular weight is 346 g/mol. The molecule has 0 amide bonds. The fraction of sp³-hybridized carbons (Fsp3) is 0.643. The summed E-state index contributed by atoms with van der Waals surface area (Å²) in [5.74, 6) is -0.890. The molecule has 1 aromatic rings. The summed E-state index contributed by atoms with van der Waals surface area (Å²) >= 11 is 1.39. The van der Waals surface area contributed by atoms with Gasteiger partial charge in [-0.25, -0.2) is 4.79 Å². The van der Waals surface area contributed by atoms with E-state index in [1.165, 1.54) is 11.8 Å². The van der Waals surface area contributed by atoms with Crippen molar-refractivity contribution in [2.75, 3.05) is 19.0 Å². The lowest BCUT2D eigenvalue weighted by molar-refractivity contribution is -0.146. The first-order valence-corrected chi connectivity index (χ1v) is 8.44. The molecule has 0 aromatic carbocycles. The number of nitrogens with zero attached hydrogens (tertiary/aromatic N) is 2. The molecule has 9 heteroatoms. The van der Waals surface area contributed by atoms with Crippen LogP contribution in [0.15, 0.2) is 11.0 Å². The number of carbonyl (C=O) groups is 1. The number of hydrogen-bond acceptors (Lipinski definition) is 7. The Labute approximate surface area is 137 Å². The third kappa shape index (κ3) is 4.68. The van der Waals surface area contributed by atoms with Gasteiger partial charge in [-0.15, -0.1) is 11.8 Å². The fourth-order valence-corrected chi connectivity index (χ4v) is 2.98. The Bertz CT molecular complexity index is 609. The molecule has 1 unspecified atom stereocenters. The predicted molar refractivity (Wildman–Crippen MR) is 81.9 cm³/mol. The lowest BCUT2D eigenvalue weighted by Gasteiger charge is -2.15. The molecule has 1 aliphatic heterocycles. The van der Waals surface area contributed by atoms with Crippen molar-refractivity contribution in [3.05, 3.63) is 22.5 Å². The normalized spacial score (nSPS) is 20.5. The summed E-state index contributed by atoms with van der Waals surface area (Å²) in [5, 5.41) is 0. The monoisotopic (exact) mass is 346 g/mol. The molecule has 0 saturated carbocycles. The van der Waals surface area contributed by atoms with Crippen LogP contribution in [-0.2, 0) is 14.3 Å². The van der Waals surface area contributed by atoms with Crippen LogP contribution < -0.4 is 10.4 Å². The second kappa shape index (κ2) is 8.30. The van der Waals surface area contributed by atoms with E-state index in [9.17, 15) is 14.0 Å². The van der Waals surface area contributed by atoms with Crippen LogP contribution in [0.2, 0.25) is 0 Å². The van der Waals surface area contributed by atoms with Crippen LogP contribution in [0.3, 0.4) is 0 Å². The Hall–Kier alpha value is -1.61. The summed E-state index contributed by atoms with van der Waals surface area (Å²) in [4.78, 5) is 26.8. The topological polar surface area (TPSA) is 79.7 Å². The van der Waals surface area contributed by atoms with Gasteiger partial charge in [0.15, 0.2) is 0 Å². The van der Waals surface area contributed by atoms with Gasteiger partial charge in [0, 0.05) is 12.2 Å². The van der Waals surface area contributed by atoms with Gasteiger partial charge in [0.1, 0.15) is 18.3 Å². The number of thioether (sulfide) groups is 1. The third-order valence-corrected chi connectivity index (χ3v) is 4.13. The van der Waals surface area contributed by atoms with Gasteiger partial charge >= 0.3 is 11.7 Å². The minimum Gasteiger partial charge on any atom is -0.476 e. The van der Waals surface area contributed by atoms with E-state index in [-0.39, 0.29) is 30.5 Å². The van der Waals surface area contributed by atoms with Crippen LogP contribution in [0.4, 0.5) is 4.39 Å². The van der Waals surface area contributed by atoms with E-state index in [1.807, 2.05) is 6.92 Å². The Balaban J connectivity index is 1.97. The van der Waals surface area contributed by atoms with Gasteiger partial charge in [-0.05, 0) is 13.3 Å². The molecule has 128 valence electrons.